The van der Waals surface area contributed by atoms with E-state index >= 15 is 0 Å². The minimum Gasteiger partial charge on any atom is -0.441 e. The molecule has 2 amide bonds. The number of ether oxygens (including phenoxy) is 2. The van der Waals surface area contributed by atoms with Crippen LogP contribution in [0.3, 0.4) is 0 Å². The van der Waals surface area contributed by atoms with Gasteiger partial charge >= 0.3 is 18.4 Å². The molecule has 6 nitrogen and oxygen atoms in total. The maximum Gasteiger partial charge on any atom is 0.459 e. The molecule has 2 aromatic carbocycles. The molecule has 0 N–H and O–H groups in total. The molecule has 0 aliphatic rings. The Kier molecular flexibility index (Phi) is 6.78. The van der Waals surface area contributed by atoms with Gasteiger partial charge in [0.2, 0.25) is 0 Å². The summed E-state index contributed by atoms with van der Waals surface area (Å²) < 4.78 is 49.3. The maximum atomic E-state index is 13.0. The topological polar surface area (TPSA) is 65.1 Å². The van der Waals surface area contributed by atoms with Gasteiger partial charge in [-0.25, -0.2) is 9.59 Å². The van der Waals surface area contributed by atoms with Crippen LogP contribution in [-0.4, -0.2) is 22.9 Å². The number of para-hydroxylation sites is 1. The van der Waals surface area contributed by atoms with Gasteiger partial charge in [0.05, 0.1) is 5.56 Å². The zero-order valence-corrected chi connectivity index (χ0v) is 17.2. The number of hydrogen-bond acceptors (Lipinski definition) is 5. The third-order valence-corrected chi connectivity index (χ3v) is 3.53. The number of nitrogens with zero attached hydrogens (tertiary/aromatic N) is 1. The zero-order chi connectivity index (χ0) is 21.8. The predicted octanol–water partition coefficient (Wildman–Crippen LogP) is 6.20. The van der Waals surface area contributed by atoms with Gasteiger partial charge in [-0.15, -0.1) is 0 Å². The molecule has 0 bridgehead atoms. The molecule has 0 aliphatic heterocycles. The molecule has 0 radical (unpaired) electrons. The Balaban J connectivity index is 2.33. The van der Waals surface area contributed by atoms with Crippen molar-refractivity contribution in [2.45, 2.75) is 32.5 Å². The van der Waals surface area contributed by atoms with E-state index in [1.165, 1.54) is 12.1 Å². The number of amides is 2. The van der Waals surface area contributed by atoms with Crippen molar-refractivity contribution in [2.75, 3.05) is 0 Å². The lowest BCUT2D eigenvalue weighted by Gasteiger charge is -2.25. The third-order valence-electron chi connectivity index (χ3n) is 3.07. The number of carbonyl (C=O) groups is 2. The van der Waals surface area contributed by atoms with E-state index in [-0.39, 0.29) is 15.3 Å². The molecule has 0 fully saturated rings. The van der Waals surface area contributed by atoms with Gasteiger partial charge in [0.15, 0.2) is 5.75 Å². The normalized spacial score (nSPS) is 11.6. The summed E-state index contributed by atoms with van der Waals surface area (Å²) in [5, 5.41) is 0.111. The highest BCUT2D eigenvalue weighted by molar-refractivity contribution is 9.10. The average Bonchev–Trinajstić information content (AvgIpc) is 2.57. The summed E-state index contributed by atoms with van der Waals surface area (Å²) in [6.07, 6.45) is -7.21. The number of rotatable bonds is 3. The molecule has 0 heterocycles. The van der Waals surface area contributed by atoms with Gasteiger partial charge in [-0.1, -0.05) is 34.1 Å². The molecule has 0 saturated heterocycles. The molecular weight excluding hydrogens is 459 g/mol. The lowest BCUT2D eigenvalue weighted by atomic mass is 10.2. The molecule has 0 spiro atoms. The molecule has 2 rings (SSSR count). The van der Waals surface area contributed by atoms with E-state index in [1.807, 2.05) is 0 Å². The van der Waals surface area contributed by atoms with E-state index in [9.17, 15) is 22.8 Å². The molecule has 29 heavy (non-hydrogen) atoms. The van der Waals surface area contributed by atoms with Gasteiger partial charge in [0.25, 0.3) is 0 Å². The second-order valence-electron chi connectivity index (χ2n) is 6.72. The molecule has 0 aliphatic carbocycles. The molecule has 0 unspecified atom stereocenters. The molecular formula is C19H17BrF3NO5. The quantitative estimate of drug-likeness (QED) is 0.494. The first-order chi connectivity index (χ1) is 13.3. The summed E-state index contributed by atoms with van der Waals surface area (Å²) in [4.78, 5) is 30.0. The number of hydroxylamine groups is 2. The fourth-order valence-corrected chi connectivity index (χ4v) is 2.44. The Morgan fingerprint density at radius 3 is 2.10 bits per heavy atom. The van der Waals surface area contributed by atoms with Crippen LogP contribution >= 0.6 is 15.9 Å². The smallest absolute Gasteiger partial charge is 0.441 e. The number of benzene rings is 2. The van der Waals surface area contributed by atoms with Gasteiger partial charge in [0.1, 0.15) is 11.4 Å². The standard InChI is InChI=1S/C19H17BrF3NO5/c1-18(2,3)28-17(26)24(16(25)27-14-7-5-4-6-8-14)29-15-10-12(19(21,22)23)9-13(20)11-15/h4-11H,1-3H3. The molecule has 10 heteroatoms. The first kappa shape index (κ1) is 22.5. The van der Waals surface area contributed by atoms with Gasteiger partial charge in [-0.2, -0.15) is 13.2 Å². The minimum absolute atomic E-state index is 0.0305. The Labute approximate surface area is 173 Å². The maximum absolute atomic E-state index is 13.0. The first-order valence-electron chi connectivity index (χ1n) is 8.21. The zero-order valence-electron chi connectivity index (χ0n) is 15.6. The van der Waals surface area contributed by atoms with Crippen LogP contribution in [0, 0.1) is 0 Å². The summed E-state index contributed by atoms with van der Waals surface area (Å²) in [6.45, 7) is 4.64. The van der Waals surface area contributed by atoms with Crippen molar-refractivity contribution in [3.05, 3.63) is 58.6 Å². The average molecular weight is 476 g/mol. The van der Waals surface area contributed by atoms with E-state index in [1.54, 1.807) is 39.0 Å². The number of carbonyl (C=O) groups excluding carboxylic acids is 2. The van der Waals surface area contributed by atoms with Crippen LogP contribution in [0.5, 0.6) is 11.5 Å². The summed E-state index contributed by atoms with van der Waals surface area (Å²) in [6, 6.07) is 10.4. The second kappa shape index (κ2) is 8.73. The van der Waals surface area contributed by atoms with E-state index in [0.717, 1.165) is 12.1 Å². The van der Waals surface area contributed by atoms with E-state index in [0.29, 0.717) is 6.07 Å². The summed E-state index contributed by atoms with van der Waals surface area (Å²) in [5.41, 5.74) is -2.04. The number of hydrogen-bond donors (Lipinski definition) is 0. The molecule has 0 atom stereocenters. The molecule has 156 valence electrons. The van der Waals surface area contributed by atoms with Gasteiger partial charge < -0.3 is 14.3 Å². The fourth-order valence-electron chi connectivity index (χ4n) is 1.97. The first-order valence-corrected chi connectivity index (χ1v) is 9.00. The highest BCUT2D eigenvalue weighted by Gasteiger charge is 2.34. The Bertz CT molecular complexity index is 882. The van der Waals surface area contributed by atoms with Crippen LogP contribution in [-0.2, 0) is 10.9 Å². The summed E-state index contributed by atoms with van der Waals surface area (Å²) >= 11 is 2.94. The Morgan fingerprint density at radius 2 is 1.55 bits per heavy atom. The van der Waals surface area contributed by atoms with Crippen molar-refractivity contribution in [2.24, 2.45) is 0 Å². The van der Waals surface area contributed by atoms with E-state index in [2.05, 4.69) is 15.9 Å². The van der Waals surface area contributed by atoms with Crippen molar-refractivity contribution in [1.82, 2.24) is 5.06 Å². The SMILES string of the molecule is CC(C)(C)OC(=O)N(Oc1cc(Br)cc(C(F)(F)F)c1)C(=O)Oc1ccccc1. The van der Waals surface area contributed by atoms with Crippen molar-refractivity contribution in [3.8, 4) is 11.5 Å². The van der Waals surface area contributed by atoms with Crippen LogP contribution < -0.4 is 9.57 Å². The highest BCUT2D eigenvalue weighted by atomic mass is 79.9. The molecule has 2 aromatic rings. The van der Waals surface area contributed by atoms with E-state index < -0.39 is 35.3 Å². The Morgan fingerprint density at radius 1 is 0.931 bits per heavy atom. The van der Waals surface area contributed by atoms with Crippen LogP contribution in [0.1, 0.15) is 26.3 Å². The monoisotopic (exact) mass is 475 g/mol. The molecule has 0 aromatic heterocycles. The van der Waals surface area contributed by atoms with Gasteiger partial charge in [-0.05, 0) is 56.2 Å². The van der Waals surface area contributed by atoms with Crippen LogP contribution in [0.25, 0.3) is 0 Å². The Hall–Kier alpha value is -2.75. The number of alkyl halides is 3. The number of imide groups is 1. The van der Waals surface area contributed by atoms with Crippen LogP contribution in [0.4, 0.5) is 22.8 Å². The molecule has 0 saturated carbocycles. The summed E-state index contributed by atoms with van der Waals surface area (Å²) in [5.74, 6) is -0.331. The fraction of sp³-hybridized carbons (Fsp3) is 0.263. The van der Waals surface area contributed by atoms with E-state index in [4.69, 9.17) is 14.3 Å². The van der Waals surface area contributed by atoms with Crippen molar-refractivity contribution in [1.29, 1.82) is 0 Å². The van der Waals surface area contributed by atoms with Crippen molar-refractivity contribution < 1.29 is 37.1 Å². The van der Waals surface area contributed by atoms with Gasteiger partial charge in [-0.3, -0.25) is 0 Å². The minimum atomic E-state index is -4.66. The van der Waals surface area contributed by atoms with Crippen LogP contribution in [0.15, 0.2) is 53.0 Å². The third kappa shape index (κ3) is 6.97. The van der Waals surface area contributed by atoms with Gasteiger partial charge in [0, 0.05) is 4.47 Å². The largest absolute Gasteiger partial charge is 0.459 e. The second-order valence-corrected chi connectivity index (χ2v) is 7.64. The summed E-state index contributed by atoms with van der Waals surface area (Å²) in [7, 11) is 0. The van der Waals surface area contributed by atoms with Crippen LogP contribution in [0.2, 0.25) is 0 Å². The highest BCUT2D eigenvalue weighted by Crippen LogP contribution is 2.34. The predicted molar refractivity (Wildman–Crippen MR) is 100 cm³/mol. The van der Waals surface area contributed by atoms with Crippen molar-refractivity contribution in [3.63, 3.8) is 0 Å². The van der Waals surface area contributed by atoms with Crippen molar-refractivity contribution >= 4 is 28.1 Å². The number of halogens is 4. The lowest BCUT2D eigenvalue weighted by Crippen LogP contribution is -2.44. The lowest BCUT2D eigenvalue weighted by molar-refractivity contribution is -0.137.